The minimum atomic E-state index is 1.10. The number of allylic oxidation sites excluding steroid dienone is 4. The van der Waals surface area contributed by atoms with Gasteiger partial charge in [0, 0.05) is 0 Å². The van der Waals surface area contributed by atoms with E-state index < -0.39 is 0 Å². The van der Waals surface area contributed by atoms with E-state index in [4.69, 9.17) is 0 Å². The van der Waals surface area contributed by atoms with E-state index in [1.165, 1.54) is 22.3 Å². The molecule has 0 heterocycles. The van der Waals surface area contributed by atoms with Crippen molar-refractivity contribution in [3.63, 3.8) is 0 Å². The van der Waals surface area contributed by atoms with Crippen LogP contribution in [0.15, 0.2) is 74.8 Å². The largest absolute Gasteiger partial charge is 0.0955 e. The quantitative estimate of drug-likeness (QED) is 0.547. The molecule has 0 aliphatic rings. The van der Waals surface area contributed by atoms with Gasteiger partial charge in [0.1, 0.15) is 0 Å². The summed E-state index contributed by atoms with van der Waals surface area (Å²) >= 11 is 0. The zero-order chi connectivity index (χ0) is 18.3. The first-order valence-electron chi connectivity index (χ1n) is 8.06. The Bertz CT molecular complexity index is 693. The molecule has 0 aromatic heterocycles. The van der Waals surface area contributed by atoms with Gasteiger partial charge in [0.05, 0.1) is 0 Å². The lowest BCUT2D eigenvalue weighted by atomic mass is 10.0. The molecule has 2 aromatic carbocycles. The van der Waals surface area contributed by atoms with Gasteiger partial charge in [-0.3, -0.25) is 0 Å². The lowest BCUT2D eigenvalue weighted by Crippen LogP contribution is -1.81. The third-order valence-corrected chi connectivity index (χ3v) is 3.72. The molecule has 0 saturated carbocycles. The lowest BCUT2D eigenvalue weighted by Gasteiger charge is -2.03. The molecular formula is C24H28. The normalized spacial score (nSPS) is 9.50. The molecule has 2 aromatic rings. The summed E-state index contributed by atoms with van der Waals surface area (Å²) in [6.07, 6.45) is 0. The minimum Gasteiger partial charge on any atom is -0.0955 e. The molecule has 2 rings (SSSR count). The Hall–Kier alpha value is -2.60. The Kier molecular flexibility index (Phi) is 7.20. The van der Waals surface area contributed by atoms with Crippen LogP contribution in [0.4, 0.5) is 0 Å². The number of rotatable bonds is 4. The maximum atomic E-state index is 3.90. The van der Waals surface area contributed by atoms with Crippen molar-refractivity contribution in [1.82, 2.24) is 0 Å². The van der Waals surface area contributed by atoms with Crippen LogP contribution < -0.4 is 0 Å². The van der Waals surface area contributed by atoms with Crippen LogP contribution in [-0.2, 0) is 0 Å². The third kappa shape index (κ3) is 5.89. The van der Waals surface area contributed by atoms with Gasteiger partial charge in [-0.25, -0.2) is 0 Å². The van der Waals surface area contributed by atoms with Crippen LogP contribution in [0, 0.1) is 0 Å². The monoisotopic (exact) mass is 316 g/mol. The highest BCUT2D eigenvalue weighted by Crippen LogP contribution is 2.18. The van der Waals surface area contributed by atoms with Crippen molar-refractivity contribution in [2.24, 2.45) is 0 Å². The van der Waals surface area contributed by atoms with E-state index in [0.717, 1.165) is 22.3 Å². The molecule has 24 heavy (non-hydrogen) atoms. The minimum absolute atomic E-state index is 1.10. The van der Waals surface area contributed by atoms with Gasteiger partial charge < -0.3 is 0 Å². The molecule has 0 unspecified atom stereocenters. The van der Waals surface area contributed by atoms with Crippen molar-refractivity contribution in [2.75, 3.05) is 0 Å². The van der Waals surface area contributed by atoms with E-state index in [0.29, 0.717) is 0 Å². The highest BCUT2D eigenvalue weighted by atomic mass is 14.0. The van der Waals surface area contributed by atoms with Gasteiger partial charge in [-0.05, 0) is 56.0 Å². The fourth-order valence-corrected chi connectivity index (χ4v) is 2.09. The summed E-state index contributed by atoms with van der Waals surface area (Å²) < 4.78 is 0. The van der Waals surface area contributed by atoms with Crippen LogP contribution in [0.5, 0.6) is 0 Å². The van der Waals surface area contributed by atoms with Crippen molar-refractivity contribution in [3.8, 4) is 0 Å². The van der Waals surface area contributed by atoms with Crippen LogP contribution in [0.25, 0.3) is 22.3 Å². The molecule has 0 amide bonds. The highest BCUT2D eigenvalue weighted by molar-refractivity contribution is 5.69. The molecule has 0 nitrogen and oxygen atoms in total. The van der Waals surface area contributed by atoms with Gasteiger partial charge in [0.15, 0.2) is 0 Å². The molecule has 0 fully saturated rings. The summed E-state index contributed by atoms with van der Waals surface area (Å²) in [5, 5.41) is 0. The molecule has 0 bridgehead atoms. The van der Waals surface area contributed by atoms with Crippen LogP contribution in [0.2, 0.25) is 0 Å². The average molecular weight is 316 g/mol. The molecule has 0 N–H and O–H groups in total. The van der Waals surface area contributed by atoms with E-state index >= 15 is 0 Å². The van der Waals surface area contributed by atoms with Gasteiger partial charge >= 0.3 is 0 Å². The van der Waals surface area contributed by atoms with E-state index in [9.17, 15) is 0 Å². The smallest absolute Gasteiger partial charge is 0.0227 e. The Morgan fingerprint density at radius 3 is 1.04 bits per heavy atom. The van der Waals surface area contributed by atoms with Gasteiger partial charge in [-0.2, -0.15) is 0 Å². The van der Waals surface area contributed by atoms with Gasteiger partial charge in [-0.15, -0.1) is 0 Å². The predicted octanol–water partition coefficient (Wildman–Crippen LogP) is 7.51. The third-order valence-electron chi connectivity index (χ3n) is 3.72. The second-order valence-corrected chi connectivity index (χ2v) is 6.28. The number of benzene rings is 2. The van der Waals surface area contributed by atoms with Gasteiger partial charge in [0.2, 0.25) is 0 Å². The first-order chi connectivity index (χ1) is 11.2. The zero-order valence-corrected chi connectivity index (χ0v) is 15.4. The Balaban J connectivity index is 0.000000240. The van der Waals surface area contributed by atoms with E-state index in [1.54, 1.807) is 0 Å². The molecule has 124 valence electrons. The summed E-state index contributed by atoms with van der Waals surface area (Å²) in [6, 6.07) is 16.6. The van der Waals surface area contributed by atoms with Crippen molar-refractivity contribution in [2.45, 2.75) is 27.7 Å². The summed E-state index contributed by atoms with van der Waals surface area (Å²) in [5.74, 6) is 0. The van der Waals surface area contributed by atoms with Crippen LogP contribution in [0.1, 0.15) is 49.9 Å². The molecule has 0 heteroatoms. The fourth-order valence-electron chi connectivity index (χ4n) is 2.09. The van der Waals surface area contributed by atoms with Crippen molar-refractivity contribution < 1.29 is 0 Å². The predicted molar refractivity (Wildman–Crippen MR) is 112 cm³/mol. The van der Waals surface area contributed by atoms with Crippen molar-refractivity contribution >= 4 is 22.3 Å². The van der Waals surface area contributed by atoms with Crippen molar-refractivity contribution in [3.05, 3.63) is 97.1 Å². The molecular weight excluding hydrogens is 288 g/mol. The second kappa shape index (κ2) is 8.88. The van der Waals surface area contributed by atoms with Gasteiger partial charge in [-0.1, -0.05) is 91.1 Å². The number of hydrogen-bond donors (Lipinski definition) is 0. The molecule has 0 atom stereocenters. The SMILES string of the molecule is C=C(C)c1ccc(C(=C)C)cc1.C=C(C)c1cccc(C(=C)C)c1. The Labute approximate surface area is 147 Å². The maximum Gasteiger partial charge on any atom is -0.0227 e. The molecule has 0 radical (unpaired) electrons. The first kappa shape index (κ1) is 19.4. The Morgan fingerprint density at radius 2 is 0.792 bits per heavy atom. The standard InChI is InChI=1S/2C12H14/c1-9(2)11-5-7-12(8-6-11)10(3)4;1-9(2)11-6-5-7-12(8-11)10(3)4/h2*5-8H,1,3H2,2,4H3. The summed E-state index contributed by atoms with van der Waals surface area (Å²) in [7, 11) is 0. The topological polar surface area (TPSA) is 0 Å². The summed E-state index contributed by atoms with van der Waals surface area (Å²) in [5.41, 5.74) is 9.16. The van der Waals surface area contributed by atoms with E-state index in [-0.39, 0.29) is 0 Å². The second-order valence-electron chi connectivity index (χ2n) is 6.28. The average Bonchev–Trinajstić information content (AvgIpc) is 2.55. The van der Waals surface area contributed by atoms with Crippen LogP contribution in [0.3, 0.4) is 0 Å². The zero-order valence-electron chi connectivity index (χ0n) is 15.4. The van der Waals surface area contributed by atoms with Crippen LogP contribution in [-0.4, -0.2) is 0 Å². The lowest BCUT2D eigenvalue weighted by molar-refractivity contribution is 1.52. The summed E-state index contributed by atoms with van der Waals surface area (Å²) in [4.78, 5) is 0. The van der Waals surface area contributed by atoms with E-state index in [1.807, 2.05) is 33.8 Å². The first-order valence-corrected chi connectivity index (χ1v) is 8.06. The maximum absolute atomic E-state index is 3.90. The molecule has 0 aliphatic carbocycles. The summed E-state index contributed by atoms with van der Waals surface area (Å²) in [6.45, 7) is 23.6. The Morgan fingerprint density at radius 1 is 0.500 bits per heavy atom. The molecule has 0 aliphatic heterocycles. The highest BCUT2D eigenvalue weighted by Gasteiger charge is 1.96. The van der Waals surface area contributed by atoms with Gasteiger partial charge in [0.25, 0.3) is 0 Å². The fraction of sp³-hybridized carbons (Fsp3) is 0.167. The van der Waals surface area contributed by atoms with E-state index in [2.05, 4.69) is 68.8 Å². The van der Waals surface area contributed by atoms with Crippen LogP contribution >= 0.6 is 0 Å². The molecule has 0 spiro atoms. The van der Waals surface area contributed by atoms with Crippen molar-refractivity contribution in [1.29, 1.82) is 0 Å². The molecule has 0 saturated heterocycles. The number of hydrogen-bond acceptors (Lipinski definition) is 0.